The zero-order valence-electron chi connectivity index (χ0n) is 13.9. The van der Waals surface area contributed by atoms with Crippen molar-refractivity contribution in [2.45, 2.75) is 18.6 Å². The number of carbonyl (C=O) groups excluding carboxylic acids is 2. The zero-order valence-corrected chi connectivity index (χ0v) is 13.9. The Kier molecular flexibility index (Phi) is 3.77. The third-order valence-electron chi connectivity index (χ3n) is 4.98. The van der Waals surface area contributed by atoms with E-state index in [9.17, 15) is 9.59 Å². The van der Waals surface area contributed by atoms with Gasteiger partial charge in [-0.15, -0.1) is 0 Å². The second kappa shape index (κ2) is 5.97. The van der Waals surface area contributed by atoms with Crippen molar-refractivity contribution in [1.82, 2.24) is 5.32 Å². The molecule has 25 heavy (non-hydrogen) atoms. The van der Waals surface area contributed by atoms with Crippen molar-refractivity contribution in [3.05, 3.63) is 72.3 Å². The minimum absolute atomic E-state index is 0.0364. The van der Waals surface area contributed by atoms with Crippen molar-refractivity contribution >= 4 is 22.5 Å². The first kappa shape index (κ1) is 15.8. The SMILES string of the molecule is C[C@H](NC(=O)COC12C=CC1C=CC2=O)c1ccc2ccccc2c1. The largest absolute Gasteiger partial charge is 0.352 e. The number of hydrogen-bond acceptors (Lipinski definition) is 3. The third kappa shape index (κ3) is 2.68. The first-order valence-corrected chi connectivity index (χ1v) is 8.42. The second-order valence-corrected chi connectivity index (χ2v) is 6.59. The van der Waals surface area contributed by atoms with Crippen molar-refractivity contribution in [3.8, 4) is 0 Å². The zero-order chi connectivity index (χ0) is 17.4. The third-order valence-corrected chi connectivity index (χ3v) is 4.98. The van der Waals surface area contributed by atoms with Crippen molar-refractivity contribution < 1.29 is 14.3 Å². The Morgan fingerprint density at radius 3 is 2.72 bits per heavy atom. The summed E-state index contributed by atoms with van der Waals surface area (Å²) in [5, 5.41) is 5.24. The Labute approximate surface area is 146 Å². The van der Waals surface area contributed by atoms with Gasteiger partial charge in [0, 0.05) is 5.92 Å². The molecule has 3 atom stereocenters. The van der Waals surface area contributed by atoms with Gasteiger partial charge in [0.1, 0.15) is 6.61 Å². The van der Waals surface area contributed by atoms with Crippen LogP contribution in [-0.4, -0.2) is 23.9 Å². The normalized spacial score (nSPS) is 24.8. The highest BCUT2D eigenvalue weighted by molar-refractivity contribution is 6.04. The monoisotopic (exact) mass is 333 g/mol. The van der Waals surface area contributed by atoms with Crippen LogP contribution in [0, 0.1) is 5.92 Å². The first-order valence-electron chi connectivity index (χ1n) is 8.42. The summed E-state index contributed by atoms with van der Waals surface area (Å²) in [7, 11) is 0. The molecule has 2 aromatic carbocycles. The summed E-state index contributed by atoms with van der Waals surface area (Å²) >= 11 is 0. The molecule has 1 amide bonds. The van der Waals surface area contributed by atoms with E-state index in [0.717, 1.165) is 10.9 Å². The standard InChI is InChI=1S/C21H19NO3/c1-14(16-7-6-15-4-2-3-5-17(15)12-16)22-20(24)13-25-21-11-10-18(21)8-9-19(21)23/h2-12,14,18H,13H2,1H3,(H,22,24)/t14-,18?,21?/m0/s1. The molecule has 0 saturated carbocycles. The van der Waals surface area contributed by atoms with Crippen LogP contribution in [0.3, 0.4) is 0 Å². The number of hydrogen-bond donors (Lipinski definition) is 1. The second-order valence-electron chi connectivity index (χ2n) is 6.59. The summed E-state index contributed by atoms with van der Waals surface area (Å²) in [5.74, 6) is -0.352. The Balaban J connectivity index is 1.38. The predicted octanol–water partition coefficient (Wildman–Crippen LogP) is 3.10. The molecule has 0 heterocycles. The molecule has 0 aliphatic heterocycles. The van der Waals surface area contributed by atoms with Gasteiger partial charge in [0.2, 0.25) is 5.91 Å². The molecule has 0 bridgehead atoms. The molecular formula is C21H19NO3. The number of benzene rings is 2. The topological polar surface area (TPSA) is 55.4 Å². The van der Waals surface area contributed by atoms with E-state index in [-0.39, 0.29) is 30.3 Å². The smallest absolute Gasteiger partial charge is 0.246 e. The fourth-order valence-corrected chi connectivity index (χ4v) is 3.40. The van der Waals surface area contributed by atoms with Gasteiger partial charge in [-0.25, -0.2) is 0 Å². The molecule has 2 unspecified atom stereocenters. The molecule has 2 aliphatic carbocycles. The van der Waals surface area contributed by atoms with Crippen molar-refractivity contribution in [3.63, 3.8) is 0 Å². The van der Waals surface area contributed by atoms with Crippen molar-refractivity contribution in [1.29, 1.82) is 0 Å². The fraction of sp³-hybridized carbons (Fsp3) is 0.238. The molecule has 126 valence electrons. The maximum Gasteiger partial charge on any atom is 0.246 e. The molecule has 0 fully saturated rings. The lowest BCUT2D eigenvalue weighted by atomic mass is 9.79. The van der Waals surface area contributed by atoms with Crippen LogP contribution in [0.5, 0.6) is 0 Å². The average molecular weight is 333 g/mol. The van der Waals surface area contributed by atoms with E-state index >= 15 is 0 Å². The van der Waals surface area contributed by atoms with Crippen LogP contribution >= 0.6 is 0 Å². The number of amides is 1. The lowest BCUT2D eigenvalue weighted by molar-refractivity contribution is -0.143. The number of rotatable bonds is 5. The average Bonchev–Trinajstić information content (AvgIpc) is 2.81. The van der Waals surface area contributed by atoms with Gasteiger partial charge in [-0.1, -0.05) is 48.6 Å². The molecule has 2 aromatic rings. The lowest BCUT2D eigenvalue weighted by Crippen LogP contribution is -2.48. The minimum atomic E-state index is -0.941. The van der Waals surface area contributed by atoms with Crippen LogP contribution in [0.15, 0.2) is 66.8 Å². The van der Waals surface area contributed by atoms with Crippen LogP contribution in [0.1, 0.15) is 18.5 Å². The van der Waals surface area contributed by atoms with E-state index in [1.165, 1.54) is 11.5 Å². The molecule has 2 aliphatic rings. The number of carbonyl (C=O) groups is 2. The van der Waals surface area contributed by atoms with Gasteiger partial charge in [0.05, 0.1) is 6.04 Å². The van der Waals surface area contributed by atoms with Gasteiger partial charge in [-0.05, 0) is 41.5 Å². The summed E-state index contributed by atoms with van der Waals surface area (Å²) < 4.78 is 5.66. The van der Waals surface area contributed by atoms with Crippen LogP contribution in [0.4, 0.5) is 0 Å². The number of fused-ring (bicyclic) bond motifs is 2. The lowest BCUT2D eigenvalue weighted by Gasteiger charge is -2.35. The Morgan fingerprint density at radius 2 is 2.00 bits per heavy atom. The Morgan fingerprint density at radius 1 is 1.20 bits per heavy atom. The highest BCUT2D eigenvalue weighted by atomic mass is 16.5. The molecule has 0 aromatic heterocycles. The molecule has 4 heteroatoms. The molecule has 0 saturated heterocycles. The molecule has 4 nitrogen and oxygen atoms in total. The van der Waals surface area contributed by atoms with E-state index in [4.69, 9.17) is 4.74 Å². The van der Waals surface area contributed by atoms with Gasteiger partial charge >= 0.3 is 0 Å². The van der Waals surface area contributed by atoms with Crippen molar-refractivity contribution in [2.24, 2.45) is 5.92 Å². The number of ether oxygens (including phenoxy) is 1. The summed E-state index contributed by atoms with van der Waals surface area (Å²) in [5.41, 5.74) is 0.0917. The maximum absolute atomic E-state index is 12.2. The molecule has 1 N–H and O–H groups in total. The molecule has 0 radical (unpaired) electrons. The Bertz CT molecular complexity index is 914. The quantitative estimate of drug-likeness (QED) is 0.856. The highest BCUT2D eigenvalue weighted by Gasteiger charge is 2.50. The highest BCUT2D eigenvalue weighted by Crippen LogP contribution is 2.40. The molecule has 4 rings (SSSR count). The molecule has 0 spiro atoms. The van der Waals surface area contributed by atoms with Gasteiger partial charge in [0.25, 0.3) is 0 Å². The van der Waals surface area contributed by atoms with Crippen LogP contribution in [0.25, 0.3) is 10.8 Å². The van der Waals surface area contributed by atoms with Crippen LogP contribution < -0.4 is 5.32 Å². The van der Waals surface area contributed by atoms with Crippen LogP contribution in [-0.2, 0) is 14.3 Å². The summed E-state index contributed by atoms with van der Waals surface area (Å²) in [4.78, 5) is 24.2. The van der Waals surface area contributed by atoms with E-state index in [2.05, 4.69) is 29.6 Å². The molecular weight excluding hydrogens is 314 g/mol. The number of ketones is 1. The van der Waals surface area contributed by atoms with E-state index in [1.54, 1.807) is 6.08 Å². The minimum Gasteiger partial charge on any atom is -0.352 e. The van der Waals surface area contributed by atoms with Gasteiger partial charge in [-0.2, -0.15) is 0 Å². The number of nitrogens with one attached hydrogen (secondary N) is 1. The first-order chi connectivity index (χ1) is 12.1. The van der Waals surface area contributed by atoms with Gasteiger partial charge < -0.3 is 10.1 Å². The van der Waals surface area contributed by atoms with Crippen molar-refractivity contribution in [2.75, 3.05) is 6.61 Å². The predicted molar refractivity (Wildman–Crippen MR) is 96.0 cm³/mol. The Hall–Kier alpha value is -2.72. The van der Waals surface area contributed by atoms with Gasteiger partial charge in [0.15, 0.2) is 11.4 Å². The maximum atomic E-state index is 12.2. The van der Waals surface area contributed by atoms with E-state index in [1.807, 2.05) is 37.3 Å². The van der Waals surface area contributed by atoms with E-state index in [0.29, 0.717) is 0 Å². The fourth-order valence-electron chi connectivity index (χ4n) is 3.40. The summed E-state index contributed by atoms with van der Waals surface area (Å²) in [6, 6.07) is 14.1. The van der Waals surface area contributed by atoms with Gasteiger partial charge in [-0.3, -0.25) is 9.59 Å². The van der Waals surface area contributed by atoms with E-state index < -0.39 is 5.60 Å². The summed E-state index contributed by atoms with van der Waals surface area (Å²) in [6.07, 6.45) is 7.00. The summed E-state index contributed by atoms with van der Waals surface area (Å²) in [6.45, 7) is 1.81. The van der Waals surface area contributed by atoms with Crippen LogP contribution in [0.2, 0.25) is 0 Å².